The second-order valence-electron chi connectivity index (χ2n) is 14.1. The van der Waals surface area contributed by atoms with E-state index in [1.54, 1.807) is 0 Å². The van der Waals surface area contributed by atoms with Crippen molar-refractivity contribution in [1.82, 2.24) is 24.3 Å². The molecule has 0 aliphatic heterocycles. The lowest BCUT2D eigenvalue weighted by atomic mass is 9.87. The summed E-state index contributed by atoms with van der Waals surface area (Å²) in [5.74, 6) is 0.702. The van der Waals surface area contributed by atoms with Gasteiger partial charge in [-0.15, -0.1) is 0 Å². The summed E-state index contributed by atoms with van der Waals surface area (Å²) < 4.78 is 2.07. The maximum Gasteiger partial charge on any atom is 0.165 e. The molecule has 6 aromatic carbocycles. The summed E-state index contributed by atoms with van der Waals surface area (Å²) in [4.78, 5) is 21.2. The van der Waals surface area contributed by atoms with Gasteiger partial charge in [0, 0.05) is 44.8 Å². The average molecular weight is 704 g/mol. The van der Waals surface area contributed by atoms with Gasteiger partial charge in [0.05, 0.1) is 17.1 Å². The van der Waals surface area contributed by atoms with Gasteiger partial charge < -0.3 is 0 Å². The number of allylic oxidation sites excluding steroid dienone is 1. The number of nitrogens with zero attached hydrogens (tertiary/aromatic N) is 5. The summed E-state index contributed by atoms with van der Waals surface area (Å²) in [6, 6.07) is 55.4. The molecule has 0 atom stereocenters. The van der Waals surface area contributed by atoms with Gasteiger partial charge >= 0.3 is 0 Å². The predicted molar refractivity (Wildman–Crippen MR) is 226 cm³/mol. The smallest absolute Gasteiger partial charge is 0.165 e. The lowest BCUT2D eigenvalue weighted by Crippen LogP contribution is -2.04. The van der Waals surface area contributed by atoms with Gasteiger partial charge in [-0.1, -0.05) is 158 Å². The minimum absolute atomic E-state index is 0.702. The molecule has 5 heteroatoms. The number of benzene rings is 6. The van der Waals surface area contributed by atoms with Gasteiger partial charge in [0.15, 0.2) is 11.5 Å². The fraction of sp³-hybridized carbons (Fsp3) is 0.0400. The molecule has 0 bridgehead atoms. The number of rotatable bonds is 5. The molecule has 0 spiro atoms. The van der Waals surface area contributed by atoms with Crippen molar-refractivity contribution in [3.63, 3.8) is 0 Å². The largest absolute Gasteiger partial charge is 0.284 e. The Hall–Kier alpha value is -7.24. The summed E-state index contributed by atoms with van der Waals surface area (Å²) in [6.07, 6.45) is 8.63. The van der Waals surface area contributed by atoms with E-state index >= 15 is 0 Å². The highest BCUT2D eigenvalue weighted by atomic mass is 15.1. The van der Waals surface area contributed by atoms with Gasteiger partial charge in [0.25, 0.3) is 0 Å². The molecule has 1 aliphatic rings. The van der Waals surface area contributed by atoms with E-state index < -0.39 is 0 Å². The molecule has 0 saturated heterocycles. The van der Waals surface area contributed by atoms with Crippen LogP contribution in [0.4, 0.5) is 0 Å². The summed E-state index contributed by atoms with van der Waals surface area (Å²) in [6.45, 7) is 0. The van der Waals surface area contributed by atoms with Gasteiger partial charge in [-0.05, 0) is 52.4 Å². The van der Waals surface area contributed by atoms with Crippen LogP contribution in [0.25, 0.3) is 101 Å². The van der Waals surface area contributed by atoms with E-state index in [0.717, 1.165) is 96.3 Å². The summed E-state index contributed by atoms with van der Waals surface area (Å²) in [7, 11) is 0. The van der Waals surface area contributed by atoms with Crippen LogP contribution in [-0.4, -0.2) is 24.3 Å². The van der Waals surface area contributed by atoms with Crippen molar-refractivity contribution in [1.29, 1.82) is 0 Å². The first-order valence-electron chi connectivity index (χ1n) is 18.8. The molecule has 0 saturated carbocycles. The molecule has 1 aliphatic carbocycles. The molecule has 0 amide bonds. The lowest BCUT2D eigenvalue weighted by molar-refractivity contribution is 0.986. The van der Waals surface area contributed by atoms with E-state index in [2.05, 4.69) is 150 Å². The van der Waals surface area contributed by atoms with Crippen LogP contribution in [0.1, 0.15) is 17.5 Å². The maximum absolute atomic E-state index is 5.48. The fourth-order valence-electron chi connectivity index (χ4n) is 8.29. The number of aromatic nitrogens is 5. The Kier molecular flexibility index (Phi) is 7.24. The Balaban J connectivity index is 1.19. The van der Waals surface area contributed by atoms with Crippen LogP contribution >= 0.6 is 0 Å². The quantitative estimate of drug-likeness (QED) is 0.179. The first-order valence-corrected chi connectivity index (χ1v) is 18.8. The van der Waals surface area contributed by atoms with Crippen LogP contribution in [-0.2, 0) is 6.42 Å². The highest BCUT2D eigenvalue weighted by Crippen LogP contribution is 2.44. The standard InChI is InChI=1S/C50H33N5/c1-2-16-36(17-3-1)49-52-46(39-24-12-18-32-14-4-6-20-37(32)39)44(47(53-49)40-25-13-19-33-15-5-7-21-38(33)40)34-27-29-35(30-28-34)45-41-22-8-9-23-42(41)48-50(54-45)55-31-11-10-26-43(55)51-48/h1-4,6-14,16-31H,5,15H2. The minimum Gasteiger partial charge on any atom is -0.284 e. The first-order chi connectivity index (χ1) is 27.3. The third kappa shape index (κ3) is 5.16. The van der Waals surface area contributed by atoms with Crippen molar-refractivity contribution >= 4 is 44.4 Å². The van der Waals surface area contributed by atoms with E-state index in [4.69, 9.17) is 19.9 Å². The van der Waals surface area contributed by atoms with Gasteiger partial charge in [-0.2, -0.15) is 0 Å². The number of hydrogen-bond donors (Lipinski definition) is 0. The molecule has 11 rings (SSSR count). The van der Waals surface area contributed by atoms with Gasteiger partial charge in [-0.3, -0.25) is 4.40 Å². The molecule has 258 valence electrons. The van der Waals surface area contributed by atoms with Crippen LogP contribution in [0, 0.1) is 0 Å². The SMILES string of the molecule is C1=Cc2c(cccc2-c2nc(-c3ccccc3)nc(-c3cccc4ccccc34)c2-c2ccc(-c3nc4c(nc5ccccn54)c4ccccc34)cc2)CC1. The second kappa shape index (κ2) is 12.7. The first kappa shape index (κ1) is 31.3. The Morgan fingerprint density at radius 3 is 2.04 bits per heavy atom. The number of hydrogen-bond acceptors (Lipinski definition) is 4. The molecule has 4 heterocycles. The monoisotopic (exact) mass is 703 g/mol. The summed E-state index contributed by atoms with van der Waals surface area (Å²) in [5.41, 5.74) is 14.2. The number of pyridine rings is 2. The Morgan fingerprint density at radius 1 is 0.473 bits per heavy atom. The number of fused-ring (bicyclic) bond motifs is 7. The van der Waals surface area contributed by atoms with E-state index in [1.165, 1.54) is 16.5 Å². The number of imidazole rings is 1. The molecule has 55 heavy (non-hydrogen) atoms. The van der Waals surface area contributed by atoms with E-state index in [9.17, 15) is 0 Å². The third-order valence-corrected chi connectivity index (χ3v) is 10.9. The van der Waals surface area contributed by atoms with Crippen molar-refractivity contribution in [2.75, 3.05) is 0 Å². The average Bonchev–Trinajstić information content (AvgIpc) is 3.65. The highest BCUT2D eigenvalue weighted by molar-refractivity contribution is 6.10. The molecule has 5 nitrogen and oxygen atoms in total. The van der Waals surface area contributed by atoms with Crippen LogP contribution in [0.2, 0.25) is 0 Å². The van der Waals surface area contributed by atoms with Gasteiger partial charge in [0.1, 0.15) is 11.2 Å². The topological polar surface area (TPSA) is 56.0 Å². The van der Waals surface area contributed by atoms with Gasteiger partial charge in [0.2, 0.25) is 0 Å². The second-order valence-corrected chi connectivity index (χ2v) is 14.1. The summed E-state index contributed by atoms with van der Waals surface area (Å²) in [5, 5.41) is 4.48. The van der Waals surface area contributed by atoms with E-state index in [1.807, 2.05) is 30.5 Å². The van der Waals surface area contributed by atoms with E-state index in [0.29, 0.717) is 5.82 Å². The van der Waals surface area contributed by atoms with Crippen LogP contribution in [0.15, 0.2) is 170 Å². The predicted octanol–water partition coefficient (Wildman–Crippen LogP) is 12.3. The normalized spacial score (nSPS) is 12.5. The van der Waals surface area contributed by atoms with Crippen LogP contribution in [0.3, 0.4) is 0 Å². The minimum atomic E-state index is 0.702. The van der Waals surface area contributed by atoms with Crippen LogP contribution in [0.5, 0.6) is 0 Å². The molecular formula is C50H33N5. The molecule has 0 N–H and O–H groups in total. The zero-order valence-electron chi connectivity index (χ0n) is 29.9. The zero-order valence-corrected chi connectivity index (χ0v) is 29.9. The number of aryl methyl sites for hydroxylation is 1. The lowest BCUT2D eigenvalue weighted by Gasteiger charge is -2.21. The Labute approximate surface area is 318 Å². The maximum atomic E-state index is 5.48. The summed E-state index contributed by atoms with van der Waals surface area (Å²) >= 11 is 0. The molecule has 10 aromatic rings. The van der Waals surface area contributed by atoms with Crippen LogP contribution < -0.4 is 0 Å². The van der Waals surface area contributed by atoms with Crippen molar-refractivity contribution in [3.8, 4) is 56.3 Å². The highest BCUT2D eigenvalue weighted by Gasteiger charge is 2.24. The van der Waals surface area contributed by atoms with Gasteiger partial charge in [-0.25, -0.2) is 19.9 Å². The van der Waals surface area contributed by atoms with Crippen molar-refractivity contribution in [2.24, 2.45) is 0 Å². The molecule has 0 unspecified atom stereocenters. The van der Waals surface area contributed by atoms with E-state index in [-0.39, 0.29) is 0 Å². The van der Waals surface area contributed by atoms with Crippen molar-refractivity contribution in [2.45, 2.75) is 12.8 Å². The Bertz CT molecular complexity index is 3140. The Morgan fingerprint density at radius 2 is 1.16 bits per heavy atom. The fourth-order valence-corrected chi connectivity index (χ4v) is 8.29. The molecule has 4 aromatic heterocycles. The zero-order chi connectivity index (χ0) is 36.3. The molecule has 0 fully saturated rings. The molecule has 0 radical (unpaired) electrons. The van der Waals surface area contributed by atoms with Crippen molar-refractivity contribution in [3.05, 3.63) is 181 Å². The van der Waals surface area contributed by atoms with Crippen molar-refractivity contribution < 1.29 is 0 Å². The molecular weight excluding hydrogens is 671 g/mol. The third-order valence-electron chi connectivity index (χ3n) is 10.9.